The van der Waals surface area contributed by atoms with Crippen LogP contribution in [-0.4, -0.2) is 30.2 Å². The minimum Gasteiger partial charge on any atom is -0.376 e. The summed E-state index contributed by atoms with van der Waals surface area (Å²) in [5.74, 6) is 1.58. The van der Waals surface area contributed by atoms with Crippen molar-refractivity contribution < 1.29 is 9.66 Å². The van der Waals surface area contributed by atoms with Gasteiger partial charge in [-0.15, -0.1) is 0 Å². The third kappa shape index (κ3) is 5.94. The molecule has 5 nitrogen and oxygen atoms in total. The second kappa shape index (κ2) is 10.4. The lowest BCUT2D eigenvalue weighted by Gasteiger charge is -2.34. The predicted octanol–water partition coefficient (Wildman–Crippen LogP) is 6.14. The number of para-hydroxylation sites is 1. The van der Waals surface area contributed by atoms with E-state index in [2.05, 4.69) is 25.7 Å². The van der Waals surface area contributed by atoms with Gasteiger partial charge in [0.15, 0.2) is 0 Å². The molecular formula is C24H38N2O3. The van der Waals surface area contributed by atoms with Crippen LogP contribution in [-0.2, 0) is 11.2 Å². The lowest BCUT2D eigenvalue weighted by molar-refractivity contribution is -0.384. The summed E-state index contributed by atoms with van der Waals surface area (Å²) in [4.78, 5) is 13.6. The van der Waals surface area contributed by atoms with E-state index in [1.165, 1.54) is 38.5 Å². The molecule has 1 aromatic carbocycles. The summed E-state index contributed by atoms with van der Waals surface area (Å²) in [6.45, 7) is 8.38. The van der Waals surface area contributed by atoms with Crippen molar-refractivity contribution in [1.82, 2.24) is 0 Å². The van der Waals surface area contributed by atoms with E-state index in [-0.39, 0.29) is 10.6 Å². The van der Waals surface area contributed by atoms with Crippen molar-refractivity contribution in [2.24, 2.45) is 11.8 Å². The van der Waals surface area contributed by atoms with Crippen molar-refractivity contribution in [3.63, 3.8) is 0 Å². The molecule has 2 heterocycles. The summed E-state index contributed by atoms with van der Waals surface area (Å²) in [7, 11) is 0. The van der Waals surface area contributed by atoms with E-state index in [0.29, 0.717) is 12.2 Å². The fraction of sp³-hybridized carbons (Fsp3) is 0.750. The van der Waals surface area contributed by atoms with E-state index in [4.69, 9.17) is 4.74 Å². The zero-order valence-electron chi connectivity index (χ0n) is 18.4. The van der Waals surface area contributed by atoms with Crippen LogP contribution >= 0.6 is 0 Å². The predicted molar refractivity (Wildman–Crippen MR) is 119 cm³/mol. The maximum atomic E-state index is 11.5. The highest BCUT2D eigenvalue weighted by atomic mass is 16.6. The molecule has 1 unspecified atom stereocenters. The molecule has 3 rings (SSSR count). The Labute approximate surface area is 176 Å². The zero-order chi connectivity index (χ0) is 20.8. The number of nitro groups is 1. The van der Waals surface area contributed by atoms with E-state index in [1.807, 2.05) is 12.1 Å². The minimum absolute atomic E-state index is 0.223. The van der Waals surface area contributed by atoms with Crippen LogP contribution in [0.3, 0.4) is 0 Å². The molecule has 2 saturated heterocycles. The van der Waals surface area contributed by atoms with Crippen LogP contribution in [0.25, 0.3) is 0 Å². The Bertz CT molecular complexity index is 670. The zero-order valence-corrected chi connectivity index (χ0v) is 18.4. The Morgan fingerprint density at radius 1 is 1.07 bits per heavy atom. The lowest BCUT2D eigenvalue weighted by Crippen LogP contribution is -2.34. The molecule has 0 spiro atoms. The molecule has 0 bridgehead atoms. The van der Waals surface area contributed by atoms with Crippen molar-refractivity contribution in [2.75, 3.05) is 18.0 Å². The molecule has 0 saturated carbocycles. The molecule has 0 aliphatic carbocycles. The summed E-state index contributed by atoms with van der Waals surface area (Å²) in [6.07, 6.45) is 11.6. The number of aryl methyl sites for hydroxylation is 1. The van der Waals surface area contributed by atoms with Crippen LogP contribution in [0.5, 0.6) is 0 Å². The molecule has 5 heteroatoms. The lowest BCUT2D eigenvalue weighted by atomic mass is 9.86. The van der Waals surface area contributed by atoms with Gasteiger partial charge in [0.05, 0.1) is 17.1 Å². The summed E-state index contributed by atoms with van der Waals surface area (Å²) in [5.41, 5.74) is 2.22. The highest BCUT2D eigenvalue weighted by molar-refractivity contribution is 5.68. The van der Waals surface area contributed by atoms with Crippen LogP contribution in [0.1, 0.15) is 77.7 Å². The topological polar surface area (TPSA) is 55.6 Å². The number of hydrogen-bond acceptors (Lipinski definition) is 4. The van der Waals surface area contributed by atoms with Gasteiger partial charge in [-0.25, -0.2) is 0 Å². The standard InChI is InChI=1S/C24H38N2O3/c1-4-22-9-6-10-23(26(27)28)24(22)25-15-13-20(14-16-25)7-5-8-21-12-11-18(2)29-19(3)17-21/h6,9-10,18-21H,4-5,7-8,11-17H2,1-3H3/t18-,19+,21?/m0/s1. The van der Waals surface area contributed by atoms with E-state index in [9.17, 15) is 10.1 Å². The van der Waals surface area contributed by atoms with Crippen molar-refractivity contribution in [2.45, 2.75) is 90.8 Å². The van der Waals surface area contributed by atoms with E-state index < -0.39 is 0 Å². The Hall–Kier alpha value is -1.62. The number of piperidine rings is 1. The molecule has 0 N–H and O–H groups in total. The first-order valence-corrected chi connectivity index (χ1v) is 11.6. The number of rotatable bonds is 7. The number of hydrogen-bond donors (Lipinski definition) is 0. The Kier molecular flexibility index (Phi) is 7.93. The van der Waals surface area contributed by atoms with Crippen LogP contribution < -0.4 is 4.90 Å². The van der Waals surface area contributed by atoms with Crippen molar-refractivity contribution in [1.29, 1.82) is 0 Å². The van der Waals surface area contributed by atoms with Crippen LogP contribution in [0.15, 0.2) is 18.2 Å². The van der Waals surface area contributed by atoms with Crippen LogP contribution in [0.4, 0.5) is 11.4 Å². The molecule has 0 radical (unpaired) electrons. The monoisotopic (exact) mass is 402 g/mol. The minimum atomic E-state index is -0.223. The fourth-order valence-corrected chi connectivity index (χ4v) is 5.36. The van der Waals surface area contributed by atoms with Gasteiger partial charge in [0, 0.05) is 19.2 Å². The summed E-state index contributed by atoms with van der Waals surface area (Å²) in [5, 5.41) is 11.5. The first kappa shape index (κ1) is 22.1. The maximum Gasteiger partial charge on any atom is 0.292 e. The number of benzene rings is 1. The van der Waals surface area contributed by atoms with Gasteiger partial charge in [-0.3, -0.25) is 10.1 Å². The third-order valence-electron chi connectivity index (χ3n) is 6.94. The largest absolute Gasteiger partial charge is 0.376 e. The molecule has 162 valence electrons. The van der Waals surface area contributed by atoms with Gasteiger partial charge < -0.3 is 9.64 Å². The maximum absolute atomic E-state index is 11.5. The Balaban J connectivity index is 1.48. The van der Waals surface area contributed by atoms with Gasteiger partial charge in [0.25, 0.3) is 5.69 Å². The summed E-state index contributed by atoms with van der Waals surface area (Å²) < 4.78 is 5.98. The summed E-state index contributed by atoms with van der Waals surface area (Å²) >= 11 is 0. The van der Waals surface area contributed by atoms with Gasteiger partial charge in [0.2, 0.25) is 0 Å². The van der Waals surface area contributed by atoms with Gasteiger partial charge >= 0.3 is 0 Å². The fourth-order valence-electron chi connectivity index (χ4n) is 5.36. The molecule has 2 aliphatic heterocycles. The SMILES string of the molecule is CCc1cccc([N+](=O)[O-])c1N1CCC(CCCC2CC[C@H](C)O[C@H](C)C2)CC1. The molecule has 1 aromatic rings. The van der Waals surface area contributed by atoms with Crippen molar-refractivity contribution >= 4 is 11.4 Å². The number of ether oxygens (including phenoxy) is 1. The van der Waals surface area contributed by atoms with Crippen molar-refractivity contribution in [3.05, 3.63) is 33.9 Å². The molecule has 2 aliphatic rings. The third-order valence-corrected chi connectivity index (χ3v) is 6.94. The molecular weight excluding hydrogens is 364 g/mol. The van der Waals surface area contributed by atoms with E-state index >= 15 is 0 Å². The first-order chi connectivity index (χ1) is 14.0. The average Bonchev–Trinajstić information content (AvgIpc) is 2.87. The Morgan fingerprint density at radius 2 is 1.79 bits per heavy atom. The van der Waals surface area contributed by atoms with E-state index in [1.54, 1.807) is 6.07 Å². The number of nitro benzene ring substituents is 1. The second-order valence-corrected chi connectivity index (χ2v) is 9.19. The van der Waals surface area contributed by atoms with Crippen LogP contribution in [0.2, 0.25) is 0 Å². The highest BCUT2D eigenvalue weighted by Gasteiger charge is 2.27. The molecule has 2 fully saturated rings. The quantitative estimate of drug-likeness (QED) is 0.406. The van der Waals surface area contributed by atoms with E-state index in [0.717, 1.165) is 55.4 Å². The number of anilines is 1. The summed E-state index contributed by atoms with van der Waals surface area (Å²) in [6, 6.07) is 5.50. The Morgan fingerprint density at radius 3 is 2.48 bits per heavy atom. The second-order valence-electron chi connectivity index (χ2n) is 9.19. The molecule has 29 heavy (non-hydrogen) atoms. The number of nitrogens with zero attached hydrogens (tertiary/aromatic N) is 2. The highest BCUT2D eigenvalue weighted by Crippen LogP contribution is 2.36. The first-order valence-electron chi connectivity index (χ1n) is 11.6. The normalized spacial score (nSPS) is 26.3. The smallest absolute Gasteiger partial charge is 0.292 e. The van der Waals surface area contributed by atoms with Gasteiger partial charge in [-0.05, 0) is 69.8 Å². The van der Waals surface area contributed by atoms with Gasteiger partial charge in [0.1, 0.15) is 5.69 Å². The van der Waals surface area contributed by atoms with Gasteiger partial charge in [-0.1, -0.05) is 38.3 Å². The van der Waals surface area contributed by atoms with Crippen LogP contribution in [0, 0.1) is 22.0 Å². The van der Waals surface area contributed by atoms with Crippen molar-refractivity contribution in [3.8, 4) is 0 Å². The molecule has 3 atom stereocenters. The molecule has 0 aromatic heterocycles. The average molecular weight is 403 g/mol. The van der Waals surface area contributed by atoms with Gasteiger partial charge in [-0.2, -0.15) is 0 Å². The molecule has 0 amide bonds.